The van der Waals surface area contributed by atoms with Crippen molar-refractivity contribution in [3.05, 3.63) is 54.6 Å². The molecule has 0 amide bonds. The number of benzene rings is 2. The Hall–Kier alpha value is -2.59. The predicted molar refractivity (Wildman–Crippen MR) is 125 cm³/mol. The minimum atomic E-state index is 1.03. The molecule has 0 atom stereocenters. The Labute approximate surface area is 174 Å². The van der Waals surface area contributed by atoms with Crippen molar-refractivity contribution in [2.24, 2.45) is 0 Å². The van der Waals surface area contributed by atoms with Crippen LogP contribution < -0.4 is 10.2 Å². The number of aromatic nitrogens is 1. The van der Waals surface area contributed by atoms with Gasteiger partial charge in [-0.25, -0.2) is 4.98 Å². The van der Waals surface area contributed by atoms with E-state index in [1.165, 1.54) is 34.9 Å². The third-order valence-corrected chi connectivity index (χ3v) is 5.88. The summed E-state index contributed by atoms with van der Waals surface area (Å²) in [5.74, 6) is 1.12. The van der Waals surface area contributed by atoms with Gasteiger partial charge in [0.05, 0.1) is 5.69 Å². The van der Waals surface area contributed by atoms with Crippen LogP contribution >= 0.6 is 0 Å². The first-order chi connectivity index (χ1) is 14.3. The first-order valence-corrected chi connectivity index (χ1v) is 11.0. The summed E-state index contributed by atoms with van der Waals surface area (Å²) in [6, 6.07) is 19.6. The number of likely N-dealkylation sites (N-methyl/N-ethyl adjacent to an activating group) is 1. The minimum absolute atomic E-state index is 1.03. The first kappa shape index (κ1) is 19.7. The second-order valence-electron chi connectivity index (χ2n) is 7.83. The number of nitrogens with one attached hydrogen (secondary N) is 1. The van der Waals surface area contributed by atoms with Crippen LogP contribution in [0.1, 0.15) is 26.7 Å². The van der Waals surface area contributed by atoms with Gasteiger partial charge >= 0.3 is 0 Å². The number of anilines is 2. The number of nitrogens with zero attached hydrogens (tertiary/aromatic N) is 3. The largest absolute Gasteiger partial charge is 0.385 e. The van der Waals surface area contributed by atoms with E-state index in [2.05, 4.69) is 83.6 Å². The van der Waals surface area contributed by atoms with Gasteiger partial charge in [-0.15, -0.1) is 0 Å². The molecule has 1 aliphatic heterocycles. The molecule has 1 fully saturated rings. The third-order valence-electron chi connectivity index (χ3n) is 5.88. The minimum Gasteiger partial charge on any atom is -0.385 e. The summed E-state index contributed by atoms with van der Waals surface area (Å²) < 4.78 is 0. The van der Waals surface area contributed by atoms with Crippen molar-refractivity contribution in [3.8, 4) is 11.3 Å². The van der Waals surface area contributed by atoms with Gasteiger partial charge in [-0.2, -0.15) is 0 Å². The van der Waals surface area contributed by atoms with Crippen LogP contribution in [0.15, 0.2) is 54.6 Å². The Balaban J connectivity index is 1.63. The fourth-order valence-corrected chi connectivity index (χ4v) is 4.01. The molecule has 1 aliphatic rings. The van der Waals surface area contributed by atoms with Gasteiger partial charge in [0, 0.05) is 49.4 Å². The van der Waals surface area contributed by atoms with Crippen molar-refractivity contribution < 1.29 is 0 Å². The molecule has 4 nitrogen and oxygen atoms in total. The summed E-state index contributed by atoms with van der Waals surface area (Å²) in [6.45, 7) is 10.9. The molecule has 1 saturated heterocycles. The van der Waals surface area contributed by atoms with Crippen molar-refractivity contribution >= 4 is 22.3 Å². The van der Waals surface area contributed by atoms with E-state index in [4.69, 9.17) is 4.98 Å². The molecule has 4 rings (SSSR count). The van der Waals surface area contributed by atoms with Crippen molar-refractivity contribution in [3.63, 3.8) is 0 Å². The maximum Gasteiger partial charge on any atom is 0.137 e. The molecule has 0 spiro atoms. The lowest BCUT2D eigenvalue weighted by molar-refractivity contribution is 0.271. The van der Waals surface area contributed by atoms with Crippen LogP contribution in [0.2, 0.25) is 0 Å². The van der Waals surface area contributed by atoms with Crippen LogP contribution in [-0.2, 0) is 0 Å². The molecule has 1 aromatic heterocycles. The van der Waals surface area contributed by atoms with Gasteiger partial charge in [-0.05, 0) is 36.6 Å². The van der Waals surface area contributed by atoms with Crippen molar-refractivity contribution in [2.75, 3.05) is 49.5 Å². The fraction of sp³-hybridized carbons (Fsp3) is 0.400. The number of hydrogen-bond donors (Lipinski definition) is 1. The van der Waals surface area contributed by atoms with Crippen molar-refractivity contribution in [1.82, 2.24) is 9.88 Å². The summed E-state index contributed by atoms with van der Waals surface area (Å²) in [6.07, 6.45) is 2.41. The zero-order chi connectivity index (χ0) is 20.1. The molecule has 2 aromatic carbocycles. The van der Waals surface area contributed by atoms with E-state index in [9.17, 15) is 0 Å². The highest BCUT2D eigenvalue weighted by Gasteiger charge is 2.19. The third kappa shape index (κ3) is 4.54. The average Bonchev–Trinajstić information content (AvgIpc) is 2.79. The van der Waals surface area contributed by atoms with Crippen LogP contribution in [0.3, 0.4) is 0 Å². The number of rotatable bonds is 7. The molecule has 3 aromatic rings. The Morgan fingerprint density at radius 1 is 0.931 bits per heavy atom. The highest BCUT2D eigenvalue weighted by molar-refractivity contribution is 5.95. The maximum atomic E-state index is 5.14. The van der Waals surface area contributed by atoms with Gasteiger partial charge in [-0.1, -0.05) is 56.7 Å². The molecule has 29 heavy (non-hydrogen) atoms. The molecular formula is C25H32N4. The van der Waals surface area contributed by atoms with Crippen LogP contribution in [0.25, 0.3) is 22.0 Å². The Morgan fingerprint density at radius 2 is 1.69 bits per heavy atom. The van der Waals surface area contributed by atoms with Crippen LogP contribution in [0, 0.1) is 0 Å². The van der Waals surface area contributed by atoms with Gasteiger partial charge in [0.2, 0.25) is 0 Å². The van der Waals surface area contributed by atoms with Gasteiger partial charge in [-0.3, -0.25) is 0 Å². The normalized spacial score (nSPS) is 15.0. The van der Waals surface area contributed by atoms with E-state index in [1.54, 1.807) is 0 Å². The second kappa shape index (κ2) is 9.27. The Morgan fingerprint density at radius 3 is 2.41 bits per heavy atom. The lowest BCUT2D eigenvalue weighted by Gasteiger charge is -2.35. The van der Waals surface area contributed by atoms with Gasteiger partial charge in [0.15, 0.2) is 0 Å². The van der Waals surface area contributed by atoms with E-state index in [0.29, 0.717) is 0 Å². The molecular weight excluding hydrogens is 356 g/mol. The molecule has 152 valence electrons. The Kier molecular flexibility index (Phi) is 6.30. The summed E-state index contributed by atoms with van der Waals surface area (Å²) in [5, 5.41) is 6.00. The molecule has 0 saturated carbocycles. The van der Waals surface area contributed by atoms with E-state index in [-0.39, 0.29) is 0 Å². The fourth-order valence-electron chi connectivity index (χ4n) is 4.01. The topological polar surface area (TPSA) is 31.4 Å². The van der Waals surface area contributed by atoms with Crippen molar-refractivity contribution in [1.29, 1.82) is 0 Å². The quantitative estimate of drug-likeness (QED) is 0.560. The number of pyridine rings is 1. The average molecular weight is 389 g/mol. The Bertz CT molecular complexity index is 927. The predicted octanol–water partition coefficient (Wildman–Crippen LogP) is 5.26. The molecule has 4 heteroatoms. The van der Waals surface area contributed by atoms with E-state index in [0.717, 1.165) is 50.8 Å². The monoisotopic (exact) mass is 388 g/mol. The number of fused-ring (bicyclic) bond motifs is 1. The number of hydrogen-bond acceptors (Lipinski definition) is 4. The first-order valence-electron chi connectivity index (χ1n) is 11.0. The lowest BCUT2D eigenvalue weighted by atomic mass is 10.1. The van der Waals surface area contributed by atoms with E-state index in [1.807, 2.05) is 0 Å². The molecule has 0 radical (unpaired) electrons. The van der Waals surface area contributed by atoms with Crippen molar-refractivity contribution in [2.45, 2.75) is 26.7 Å². The zero-order valence-corrected chi connectivity index (χ0v) is 17.7. The van der Waals surface area contributed by atoms with E-state index >= 15 is 0 Å². The summed E-state index contributed by atoms with van der Waals surface area (Å²) >= 11 is 0. The van der Waals surface area contributed by atoms with Crippen LogP contribution in [0.5, 0.6) is 0 Å². The molecule has 2 heterocycles. The lowest BCUT2D eigenvalue weighted by Crippen LogP contribution is -2.46. The molecule has 0 aliphatic carbocycles. The standard InChI is InChI=1S/C25H32N4/c1-3-5-14-26-22-12-10-20(11-13-22)24-19-21-8-6-7-9-23(21)25(27-24)29-17-15-28(4-2)16-18-29/h6-13,19,26H,3-5,14-18H2,1-2H3. The zero-order valence-electron chi connectivity index (χ0n) is 17.7. The highest BCUT2D eigenvalue weighted by atomic mass is 15.3. The second-order valence-corrected chi connectivity index (χ2v) is 7.83. The van der Waals surface area contributed by atoms with Gasteiger partial charge < -0.3 is 15.1 Å². The maximum absolute atomic E-state index is 5.14. The molecule has 0 unspecified atom stereocenters. The van der Waals surface area contributed by atoms with Crippen LogP contribution in [-0.4, -0.2) is 49.2 Å². The number of piperazine rings is 1. The summed E-state index contributed by atoms with van der Waals surface area (Å²) in [4.78, 5) is 10.1. The highest BCUT2D eigenvalue weighted by Crippen LogP contribution is 2.31. The van der Waals surface area contributed by atoms with Gasteiger partial charge in [0.1, 0.15) is 5.82 Å². The smallest absolute Gasteiger partial charge is 0.137 e. The summed E-state index contributed by atoms with van der Waals surface area (Å²) in [5.41, 5.74) is 3.40. The summed E-state index contributed by atoms with van der Waals surface area (Å²) in [7, 11) is 0. The SMILES string of the molecule is CCCCNc1ccc(-c2cc3ccccc3c(N3CCN(CC)CC3)n2)cc1. The van der Waals surface area contributed by atoms with E-state index < -0.39 is 0 Å². The van der Waals surface area contributed by atoms with Crippen LogP contribution in [0.4, 0.5) is 11.5 Å². The molecule has 0 bridgehead atoms. The molecule has 1 N–H and O–H groups in total. The number of unbranched alkanes of at least 4 members (excludes halogenated alkanes) is 1. The van der Waals surface area contributed by atoms with Gasteiger partial charge in [0.25, 0.3) is 0 Å².